The van der Waals surface area contributed by atoms with Gasteiger partial charge in [-0.15, -0.1) is 0 Å². The molecule has 0 unspecified atom stereocenters. The fraction of sp³-hybridized carbons (Fsp3) is 0.273. The lowest BCUT2D eigenvalue weighted by Gasteiger charge is -2.21. The number of carbonyl (C=O) groups is 2. The van der Waals surface area contributed by atoms with Crippen LogP contribution in [0.3, 0.4) is 0 Å². The van der Waals surface area contributed by atoms with Gasteiger partial charge in [-0.05, 0) is 37.1 Å². The number of aryl methyl sites for hydroxylation is 1. The maximum absolute atomic E-state index is 14.7. The average molecular weight is 440 g/mol. The molecule has 166 valence electrons. The van der Waals surface area contributed by atoms with Crippen LogP contribution in [0, 0.1) is 12.7 Å². The van der Waals surface area contributed by atoms with Gasteiger partial charge in [0, 0.05) is 6.54 Å². The predicted molar refractivity (Wildman–Crippen MR) is 115 cm³/mol. The summed E-state index contributed by atoms with van der Waals surface area (Å²) in [6, 6.07) is 5.76. The van der Waals surface area contributed by atoms with Crippen LogP contribution < -0.4 is 27.2 Å². The summed E-state index contributed by atoms with van der Waals surface area (Å²) in [5.74, 6) is -0.774. The number of nitrogens with zero attached hydrogens (tertiary/aromatic N) is 1. The smallest absolute Gasteiger partial charge is 0.257 e. The van der Waals surface area contributed by atoms with Gasteiger partial charge in [-0.3, -0.25) is 19.2 Å². The summed E-state index contributed by atoms with van der Waals surface area (Å²) in [4.78, 5) is 49.7. The maximum Gasteiger partial charge on any atom is 0.257 e. The van der Waals surface area contributed by atoms with Gasteiger partial charge in [0.1, 0.15) is 28.7 Å². The van der Waals surface area contributed by atoms with Crippen LogP contribution >= 0.6 is 0 Å². The van der Waals surface area contributed by atoms with Crippen LogP contribution in [-0.2, 0) is 11.3 Å². The Balaban J connectivity index is 1.66. The van der Waals surface area contributed by atoms with Crippen LogP contribution in [0.2, 0.25) is 0 Å². The van der Waals surface area contributed by atoms with Gasteiger partial charge in [-0.25, -0.2) is 4.39 Å². The Bertz CT molecular complexity index is 1300. The van der Waals surface area contributed by atoms with Crippen molar-refractivity contribution in [2.24, 2.45) is 5.73 Å². The van der Waals surface area contributed by atoms with Crippen LogP contribution in [0.1, 0.15) is 46.8 Å². The van der Waals surface area contributed by atoms with E-state index in [0.717, 1.165) is 6.07 Å². The van der Waals surface area contributed by atoms with Gasteiger partial charge in [-0.1, -0.05) is 13.0 Å². The molecule has 1 aliphatic rings. The molecule has 0 radical (unpaired) electrons. The second-order valence-corrected chi connectivity index (χ2v) is 7.67. The minimum Gasteiger partial charge on any atom is -0.464 e. The first-order valence-corrected chi connectivity index (χ1v) is 10.0. The van der Waals surface area contributed by atoms with Crippen molar-refractivity contribution in [2.45, 2.75) is 32.9 Å². The van der Waals surface area contributed by atoms with Crippen LogP contribution in [0.4, 0.5) is 21.5 Å². The highest BCUT2D eigenvalue weighted by atomic mass is 19.1. The third-order valence-corrected chi connectivity index (χ3v) is 5.44. The van der Waals surface area contributed by atoms with Crippen LogP contribution in [0.15, 0.2) is 38.3 Å². The first-order valence-electron chi connectivity index (χ1n) is 10.0. The van der Waals surface area contributed by atoms with Crippen molar-refractivity contribution in [2.75, 3.05) is 17.2 Å². The van der Waals surface area contributed by atoms with Crippen molar-refractivity contribution >= 4 is 28.9 Å². The van der Waals surface area contributed by atoms with E-state index in [-0.39, 0.29) is 41.8 Å². The molecular formula is C22H21FN4O5. The topological polar surface area (TPSA) is 135 Å². The van der Waals surface area contributed by atoms with E-state index >= 15 is 0 Å². The molecule has 0 spiro atoms. The number of nitrogens with two attached hydrogens (primary N) is 1. The second kappa shape index (κ2) is 7.95. The molecule has 2 heterocycles. The Kier molecular flexibility index (Phi) is 5.29. The van der Waals surface area contributed by atoms with E-state index in [0.29, 0.717) is 23.5 Å². The summed E-state index contributed by atoms with van der Waals surface area (Å²) in [6.45, 7) is 3.43. The Morgan fingerprint density at radius 3 is 2.50 bits per heavy atom. The zero-order valence-electron chi connectivity index (χ0n) is 17.5. The normalized spacial score (nSPS) is 14.0. The van der Waals surface area contributed by atoms with E-state index < -0.39 is 28.5 Å². The van der Waals surface area contributed by atoms with Gasteiger partial charge in [0.2, 0.25) is 5.91 Å². The number of carbonyl (C=O) groups excluding carboxylic acids is 2. The van der Waals surface area contributed by atoms with Crippen molar-refractivity contribution < 1.29 is 18.4 Å². The van der Waals surface area contributed by atoms with E-state index in [4.69, 9.17) is 10.2 Å². The highest BCUT2D eigenvalue weighted by Gasteiger charge is 2.34. The quantitative estimate of drug-likeness (QED) is 0.457. The van der Waals surface area contributed by atoms with Crippen LogP contribution in [-0.4, -0.2) is 23.3 Å². The third-order valence-electron chi connectivity index (χ3n) is 5.44. The molecule has 2 amide bonds. The summed E-state index contributed by atoms with van der Waals surface area (Å²) < 4.78 is 20.3. The second-order valence-electron chi connectivity index (χ2n) is 7.67. The molecule has 10 heteroatoms. The molecule has 1 aromatic heterocycles. The standard InChI is InChI=1S/C22H21FN4O5/c1-3-13(14-7-4-10(2)32-14)25-18-19(21(30)20(18)29)26-17-12(23)6-5-11-8-27(9-15(24)28)22(31)16(11)17/h4-7,13,25-26H,3,8-9H2,1-2H3,(H2,24,28)/t13-/m1/s1. The van der Waals surface area contributed by atoms with Gasteiger partial charge in [0.15, 0.2) is 0 Å². The van der Waals surface area contributed by atoms with Gasteiger partial charge >= 0.3 is 0 Å². The zero-order valence-corrected chi connectivity index (χ0v) is 17.5. The summed E-state index contributed by atoms with van der Waals surface area (Å²) >= 11 is 0. The minimum absolute atomic E-state index is 0.000972. The number of anilines is 3. The van der Waals surface area contributed by atoms with E-state index in [1.54, 1.807) is 19.1 Å². The van der Waals surface area contributed by atoms with Gasteiger partial charge in [0.25, 0.3) is 16.8 Å². The Hall–Kier alpha value is -3.95. The lowest BCUT2D eigenvalue weighted by atomic mass is 10.1. The molecule has 0 fully saturated rings. The van der Waals surface area contributed by atoms with E-state index in [1.165, 1.54) is 11.0 Å². The molecule has 32 heavy (non-hydrogen) atoms. The minimum atomic E-state index is -0.825. The fourth-order valence-corrected chi connectivity index (χ4v) is 3.83. The molecule has 0 aliphatic carbocycles. The molecule has 0 saturated carbocycles. The molecule has 1 aliphatic heterocycles. The van der Waals surface area contributed by atoms with Crippen molar-refractivity contribution in [1.82, 2.24) is 4.90 Å². The first kappa shape index (κ1) is 21.3. The Morgan fingerprint density at radius 1 is 1.16 bits per heavy atom. The zero-order chi connectivity index (χ0) is 23.2. The number of amides is 2. The lowest BCUT2D eigenvalue weighted by Crippen LogP contribution is -2.37. The summed E-state index contributed by atoms with van der Waals surface area (Å²) in [7, 11) is 0. The predicted octanol–water partition coefficient (Wildman–Crippen LogP) is 2.07. The monoisotopic (exact) mass is 440 g/mol. The molecule has 9 nitrogen and oxygen atoms in total. The number of rotatable bonds is 8. The molecule has 0 bridgehead atoms. The van der Waals surface area contributed by atoms with Crippen molar-refractivity contribution in [1.29, 1.82) is 0 Å². The van der Waals surface area contributed by atoms with E-state index in [1.807, 2.05) is 6.92 Å². The summed E-state index contributed by atoms with van der Waals surface area (Å²) in [5.41, 5.74) is 3.72. The number of hydrogen-bond acceptors (Lipinski definition) is 7. The molecule has 4 N–H and O–H groups in total. The fourth-order valence-electron chi connectivity index (χ4n) is 3.83. The summed E-state index contributed by atoms with van der Waals surface area (Å²) in [5, 5.41) is 5.64. The number of hydrogen-bond donors (Lipinski definition) is 3. The van der Waals surface area contributed by atoms with Crippen molar-refractivity contribution in [3.8, 4) is 0 Å². The van der Waals surface area contributed by atoms with E-state index in [2.05, 4.69) is 10.6 Å². The molecule has 1 atom stereocenters. The Morgan fingerprint density at radius 2 is 1.88 bits per heavy atom. The molecular weight excluding hydrogens is 419 g/mol. The largest absolute Gasteiger partial charge is 0.464 e. The number of nitrogens with one attached hydrogen (secondary N) is 2. The maximum atomic E-state index is 14.7. The molecule has 2 aromatic carbocycles. The highest BCUT2D eigenvalue weighted by Crippen LogP contribution is 2.35. The van der Waals surface area contributed by atoms with Gasteiger partial charge in [-0.2, -0.15) is 0 Å². The molecule has 3 aromatic rings. The van der Waals surface area contributed by atoms with Crippen molar-refractivity contribution in [3.63, 3.8) is 0 Å². The molecule has 0 saturated heterocycles. The lowest BCUT2D eigenvalue weighted by molar-refractivity contribution is -0.118. The Labute approximate surface area is 181 Å². The SMILES string of the molecule is CC[C@@H](Nc1c(Nc2c(F)ccc3c2C(=O)N(CC(N)=O)C3)c(=O)c1=O)c1ccc(C)o1. The molecule has 4 rings (SSSR count). The summed E-state index contributed by atoms with van der Waals surface area (Å²) in [6.07, 6.45) is 0.556. The number of primary amides is 1. The van der Waals surface area contributed by atoms with Gasteiger partial charge < -0.3 is 25.7 Å². The highest BCUT2D eigenvalue weighted by molar-refractivity contribution is 6.05. The van der Waals surface area contributed by atoms with Crippen LogP contribution in [0.5, 0.6) is 0 Å². The number of halogens is 1. The van der Waals surface area contributed by atoms with Crippen molar-refractivity contribution in [3.05, 3.63) is 73.2 Å². The van der Waals surface area contributed by atoms with Gasteiger partial charge in [0.05, 0.1) is 23.8 Å². The number of furan rings is 1. The number of benzene rings is 1. The number of fused-ring (bicyclic) bond motifs is 1. The average Bonchev–Trinajstić information content (AvgIpc) is 3.31. The first-order chi connectivity index (χ1) is 15.2. The van der Waals surface area contributed by atoms with Crippen LogP contribution in [0.25, 0.3) is 0 Å². The third kappa shape index (κ3) is 3.53. The van der Waals surface area contributed by atoms with E-state index in [9.17, 15) is 23.6 Å².